The lowest BCUT2D eigenvalue weighted by Gasteiger charge is -2.40. The minimum Gasteiger partial charge on any atom is -0.334 e. The first-order chi connectivity index (χ1) is 11.2. The van der Waals surface area contributed by atoms with Crippen LogP contribution in [-0.2, 0) is 6.54 Å². The van der Waals surface area contributed by atoms with Crippen LogP contribution < -0.4 is 5.32 Å². The number of urea groups is 1. The average molecular weight is 309 g/mol. The van der Waals surface area contributed by atoms with Gasteiger partial charge in [-0.15, -0.1) is 0 Å². The number of nitrogens with zero attached hydrogens (tertiary/aromatic N) is 2. The molecule has 0 radical (unpaired) electrons. The molecule has 1 fully saturated rings. The van der Waals surface area contributed by atoms with Crippen LogP contribution in [0.15, 0.2) is 60.7 Å². The van der Waals surface area contributed by atoms with Crippen LogP contribution in [0.3, 0.4) is 0 Å². The van der Waals surface area contributed by atoms with Gasteiger partial charge in [-0.25, -0.2) is 4.79 Å². The van der Waals surface area contributed by atoms with E-state index in [1.54, 1.807) is 0 Å². The number of benzene rings is 2. The lowest BCUT2D eigenvalue weighted by molar-refractivity contribution is 0.108. The number of rotatable bonds is 3. The highest BCUT2D eigenvalue weighted by molar-refractivity contribution is 5.75. The van der Waals surface area contributed by atoms with Gasteiger partial charge in [-0.05, 0) is 18.2 Å². The number of carbonyl (C=O) groups excluding carboxylic acids is 1. The van der Waals surface area contributed by atoms with Crippen LogP contribution in [0.1, 0.15) is 17.2 Å². The quantitative estimate of drug-likeness (QED) is 0.946. The smallest absolute Gasteiger partial charge is 0.318 e. The topological polar surface area (TPSA) is 35.6 Å². The Morgan fingerprint density at radius 1 is 1.04 bits per heavy atom. The van der Waals surface area contributed by atoms with Crippen LogP contribution in [0.2, 0.25) is 0 Å². The molecule has 120 valence electrons. The van der Waals surface area contributed by atoms with Crippen molar-refractivity contribution in [3.8, 4) is 0 Å². The summed E-state index contributed by atoms with van der Waals surface area (Å²) in [5, 5.41) is 3.05. The Labute approximate surface area is 137 Å². The van der Waals surface area contributed by atoms with Gasteiger partial charge in [0.05, 0.1) is 6.04 Å². The van der Waals surface area contributed by atoms with Crippen LogP contribution in [0, 0.1) is 0 Å². The second-order valence-corrected chi connectivity index (χ2v) is 6.03. The summed E-state index contributed by atoms with van der Waals surface area (Å²) in [5.74, 6) is 0. The van der Waals surface area contributed by atoms with Gasteiger partial charge in [-0.2, -0.15) is 0 Å². The summed E-state index contributed by atoms with van der Waals surface area (Å²) in [6, 6.07) is 20.4. The van der Waals surface area contributed by atoms with Gasteiger partial charge >= 0.3 is 6.03 Å². The van der Waals surface area contributed by atoms with Crippen molar-refractivity contribution in [1.82, 2.24) is 15.1 Å². The van der Waals surface area contributed by atoms with Crippen molar-refractivity contribution in [1.29, 1.82) is 0 Å². The highest BCUT2D eigenvalue weighted by atomic mass is 16.2. The first kappa shape index (κ1) is 15.6. The number of hydrogen-bond donors (Lipinski definition) is 1. The third-order valence-corrected chi connectivity index (χ3v) is 4.32. The van der Waals surface area contributed by atoms with E-state index < -0.39 is 0 Å². The number of likely N-dealkylation sites (N-methyl/N-ethyl adjacent to an activating group) is 1. The van der Waals surface area contributed by atoms with E-state index in [0.29, 0.717) is 6.54 Å². The minimum absolute atomic E-state index is 0.0100. The zero-order valence-corrected chi connectivity index (χ0v) is 13.5. The van der Waals surface area contributed by atoms with E-state index in [2.05, 4.69) is 29.4 Å². The zero-order valence-electron chi connectivity index (χ0n) is 13.5. The Kier molecular flexibility index (Phi) is 4.93. The van der Waals surface area contributed by atoms with Gasteiger partial charge in [-0.1, -0.05) is 60.7 Å². The van der Waals surface area contributed by atoms with Gasteiger partial charge < -0.3 is 15.1 Å². The Morgan fingerprint density at radius 2 is 1.70 bits per heavy atom. The summed E-state index contributed by atoms with van der Waals surface area (Å²) in [6.07, 6.45) is 0. The molecule has 0 spiro atoms. The lowest BCUT2D eigenvalue weighted by atomic mass is 10.0. The molecule has 4 nitrogen and oxygen atoms in total. The predicted molar refractivity (Wildman–Crippen MR) is 92.1 cm³/mol. The van der Waals surface area contributed by atoms with Crippen LogP contribution >= 0.6 is 0 Å². The number of piperazine rings is 1. The number of carbonyl (C=O) groups is 1. The van der Waals surface area contributed by atoms with Crippen LogP contribution in [0.4, 0.5) is 4.79 Å². The monoisotopic (exact) mass is 309 g/mol. The van der Waals surface area contributed by atoms with E-state index in [1.807, 2.05) is 53.4 Å². The van der Waals surface area contributed by atoms with Gasteiger partial charge in [0.2, 0.25) is 0 Å². The van der Waals surface area contributed by atoms with Crippen molar-refractivity contribution < 1.29 is 4.79 Å². The third kappa shape index (κ3) is 3.90. The van der Waals surface area contributed by atoms with E-state index in [1.165, 1.54) is 5.56 Å². The summed E-state index contributed by atoms with van der Waals surface area (Å²) in [5.41, 5.74) is 2.31. The fourth-order valence-corrected chi connectivity index (χ4v) is 3.00. The Morgan fingerprint density at radius 3 is 2.39 bits per heavy atom. The molecule has 0 aliphatic carbocycles. The Hall–Kier alpha value is -2.33. The Bertz CT molecular complexity index is 630. The molecular weight excluding hydrogens is 286 g/mol. The van der Waals surface area contributed by atoms with Crippen LogP contribution in [-0.4, -0.2) is 42.5 Å². The molecule has 3 rings (SSSR count). The standard InChI is InChI=1S/C19H23N3O/c1-21-12-13-22(18(15-21)17-10-6-3-7-11-17)19(23)20-14-16-8-4-2-5-9-16/h2-11,18H,12-15H2,1H3,(H,20,23). The largest absolute Gasteiger partial charge is 0.334 e. The maximum atomic E-state index is 12.7. The molecule has 1 unspecified atom stereocenters. The van der Waals surface area contributed by atoms with E-state index in [-0.39, 0.29) is 12.1 Å². The van der Waals surface area contributed by atoms with Crippen LogP contribution in [0.25, 0.3) is 0 Å². The molecule has 0 aromatic heterocycles. The van der Waals surface area contributed by atoms with Crippen molar-refractivity contribution in [3.63, 3.8) is 0 Å². The summed E-state index contributed by atoms with van der Waals surface area (Å²) in [6.45, 7) is 3.08. The first-order valence-electron chi connectivity index (χ1n) is 8.06. The molecule has 1 saturated heterocycles. The van der Waals surface area contributed by atoms with Crippen molar-refractivity contribution in [2.75, 3.05) is 26.7 Å². The van der Waals surface area contributed by atoms with Crippen molar-refractivity contribution in [2.45, 2.75) is 12.6 Å². The van der Waals surface area contributed by atoms with Gasteiger partial charge in [0, 0.05) is 26.2 Å². The minimum atomic E-state index is 0.0100. The van der Waals surface area contributed by atoms with E-state index >= 15 is 0 Å². The van der Waals surface area contributed by atoms with Gasteiger partial charge in [0.25, 0.3) is 0 Å². The maximum Gasteiger partial charge on any atom is 0.318 e. The molecule has 1 atom stereocenters. The second-order valence-electron chi connectivity index (χ2n) is 6.03. The molecule has 1 aliphatic heterocycles. The summed E-state index contributed by atoms with van der Waals surface area (Å²) in [7, 11) is 2.11. The van der Waals surface area contributed by atoms with E-state index in [9.17, 15) is 4.79 Å². The van der Waals surface area contributed by atoms with Crippen molar-refractivity contribution in [3.05, 3.63) is 71.8 Å². The van der Waals surface area contributed by atoms with E-state index in [0.717, 1.165) is 25.2 Å². The second kappa shape index (κ2) is 7.29. The molecule has 23 heavy (non-hydrogen) atoms. The first-order valence-corrected chi connectivity index (χ1v) is 8.06. The third-order valence-electron chi connectivity index (χ3n) is 4.32. The summed E-state index contributed by atoms with van der Waals surface area (Å²) in [4.78, 5) is 16.9. The normalized spacial score (nSPS) is 18.7. The number of amides is 2. The molecule has 2 aromatic rings. The summed E-state index contributed by atoms with van der Waals surface area (Å²) >= 11 is 0. The summed E-state index contributed by atoms with van der Waals surface area (Å²) < 4.78 is 0. The SMILES string of the molecule is CN1CCN(C(=O)NCc2ccccc2)C(c2ccccc2)C1. The Balaban J connectivity index is 1.69. The molecule has 1 aliphatic rings. The molecule has 1 N–H and O–H groups in total. The highest BCUT2D eigenvalue weighted by Crippen LogP contribution is 2.24. The fraction of sp³-hybridized carbons (Fsp3) is 0.316. The molecule has 2 amide bonds. The molecule has 0 saturated carbocycles. The fourth-order valence-electron chi connectivity index (χ4n) is 3.00. The van der Waals surface area contributed by atoms with Gasteiger partial charge in [0.15, 0.2) is 0 Å². The highest BCUT2D eigenvalue weighted by Gasteiger charge is 2.29. The predicted octanol–water partition coefficient (Wildman–Crippen LogP) is 2.88. The number of nitrogens with one attached hydrogen (secondary N) is 1. The van der Waals surface area contributed by atoms with Crippen LogP contribution in [0.5, 0.6) is 0 Å². The van der Waals surface area contributed by atoms with Gasteiger partial charge in [0.1, 0.15) is 0 Å². The van der Waals surface area contributed by atoms with Crippen molar-refractivity contribution >= 4 is 6.03 Å². The molecular formula is C19H23N3O. The lowest BCUT2D eigenvalue weighted by Crippen LogP contribution is -2.52. The van der Waals surface area contributed by atoms with Crippen molar-refractivity contribution in [2.24, 2.45) is 0 Å². The zero-order chi connectivity index (χ0) is 16.1. The molecule has 2 aromatic carbocycles. The molecule has 0 bridgehead atoms. The molecule has 1 heterocycles. The number of hydrogen-bond acceptors (Lipinski definition) is 2. The molecule has 4 heteroatoms. The van der Waals surface area contributed by atoms with Gasteiger partial charge in [-0.3, -0.25) is 0 Å². The van der Waals surface area contributed by atoms with E-state index in [4.69, 9.17) is 0 Å². The average Bonchev–Trinajstić information content (AvgIpc) is 2.61. The maximum absolute atomic E-state index is 12.7.